The van der Waals surface area contributed by atoms with Crippen molar-refractivity contribution in [1.82, 2.24) is 0 Å². The van der Waals surface area contributed by atoms with E-state index in [1.807, 2.05) is 18.2 Å². The van der Waals surface area contributed by atoms with Crippen LogP contribution in [0.1, 0.15) is 24.3 Å². The van der Waals surface area contributed by atoms with Gasteiger partial charge in [0.2, 0.25) is 0 Å². The minimum atomic E-state index is 0.213. The number of benzene rings is 1. The van der Waals surface area contributed by atoms with Crippen LogP contribution >= 0.6 is 0 Å². The van der Waals surface area contributed by atoms with Crippen LogP contribution in [0.4, 0.5) is 0 Å². The first-order chi connectivity index (χ1) is 6.31. The van der Waals surface area contributed by atoms with E-state index in [0.717, 1.165) is 24.7 Å². The van der Waals surface area contributed by atoms with Crippen molar-refractivity contribution in [3.63, 3.8) is 0 Å². The third-order valence-electron chi connectivity index (χ3n) is 2.74. The van der Waals surface area contributed by atoms with Crippen molar-refractivity contribution in [2.75, 3.05) is 0 Å². The summed E-state index contributed by atoms with van der Waals surface area (Å²) in [5.41, 5.74) is 0.987. The van der Waals surface area contributed by atoms with E-state index in [9.17, 15) is 9.90 Å². The van der Waals surface area contributed by atoms with Crippen LogP contribution < -0.4 is 0 Å². The molecule has 0 aromatic heterocycles. The number of para-hydroxylation sites is 1. The number of hydrogen-bond donors (Lipinski definition) is 1. The Balaban J connectivity index is 2.11. The Labute approximate surface area is 77.2 Å². The fourth-order valence-corrected chi connectivity index (χ4v) is 1.86. The lowest BCUT2D eigenvalue weighted by Crippen LogP contribution is -2.22. The van der Waals surface area contributed by atoms with Gasteiger partial charge in [0.1, 0.15) is 12.0 Å². The lowest BCUT2D eigenvalue weighted by atomic mass is 9.72. The van der Waals surface area contributed by atoms with Crippen molar-refractivity contribution in [3.05, 3.63) is 29.8 Å². The van der Waals surface area contributed by atoms with Crippen LogP contribution in [-0.2, 0) is 4.79 Å². The molecule has 0 spiro atoms. The molecule has 2 rings (SSSR count). The van der Waals surface area contributed by atoms with Crippen molar-refractivity contribution < 1.29 is 9.90 Å². The second-order valence-electron chi connectivity index (χ2n) is 3.62. The quantitative estimate of drug-likeness (QED) is 0.700. The maximum atomic E-state index is 10.4. The molecule has 0 bridgehead atoms. The van der Waals surface area contributed by atoms with Crippen molar-refractivity contribution in [2.24, 2.45) is 5.92 Å². The molecule has 1 aromatic rings. The van der Waals surface area contributed by atoms with Gasteiger partial charge >= 0.3 is 0 Å². The monoisotopic (exact) mass is 176 g/mol. The summed E-state index contributed by atoms with van der Waals surface area (Å²) in [5.74, 6) is 0.956. The second-order valence-corrected chi connectivity index (χ2v) is 3.62. The summed E-state index contributed by atoms with van der Waals surface area (Å²) in [7, 11) is 0. The molecule has 0 atom stereocenters. The van der Waals surface area contributed by atoms with E-state index in [1.54, 1.807) is 6.07 Å². The van der Waals surface area contributed by atoms with Crippen LogP contribution in [0.15, 0.2) is 24.3 Å². The predicted molar refractivity (Wildman–Crippen MR) is 49.6 cm³/mol. The highest BCUT2D eigenvalue weighted by atomic mass is 16.3. The Hall–Kier alpha value is -1.31. The van der Waals surface area contributed by atoms with Crippen LogP contribution in [-0.4, -0.2) is 11.4 Å². The SMILES string of the molecule is O=CC1CC(c2ccccc2O)C1. The number of hydrogen-bond acceptors (Lipinski definition) is 2. The Bertz CT molecular complexity index is 314. The van der Waals surface area contributed by atoms with E-state index in [-0.39, 0.29) is 5.92 Å². The minimum absolute atomic E-state index is 0.213. The van der Waals surface area contributed by atoms with Gasteiger partial charge in [0.15, 0.2) is 0 Å². The summed E-state index contributed by atoms with van der Waals surface area (Å²) in [6.45, 7) is 0. The van der Waals surface area contributed by atoms with Gasteiger partial charge in [-0.15, -0.1) is 0 Å². The largest absolute Gasteiger partial charge is 0.508 e. The van der Waals surface area contributed by atoms with E-state index >= 15 is 0 Å². The van der Waals surface area contributed by atoms with Crippen molar-refractivity contribution in [3.8, 4) is 5.75 Å². The zero-order valence-electron chi connectivity index (χ0n) is 7.31. The highest BCUT2D eigenvalue weighted by molar-refractivity contribution is 5.56. The maximum Gasteiger partial charge on any atom is 0.123 e. The van der Waals surface area contributed by atoms with Crippen LogP contribution in [0.5, 0.6) is 5.75 Å². The molecule has 0 aliphatic heterocycles. The summed E-state index contributed by atoms with van der Waals surface area (Å²) in [6.07, 6.45) is 2.79. The Morgan fingerprint density at radius 3 is 2.62 bits per heavy atom. The molecule has 0 saturated heterocycles. The van der Waals surface area contributed by atoms with Crippen molar-refractivity contribution >= 4 is 6.29 Å². The fourth-order valence-electron chi connectivity index (χ4n) is 1.86. The summed E-state index contributed by atoms with van der Waals surface area (Å²) in [6, 6.07) is 7.36. The molecule has 0 radical (unpaired) electrons. The summed E-state index contributed by atoms with van der Waals surface area (Å²) in [4.78, 5) is 10.4. The Kier molecular flexibility index (Phi) is 2.05. The van der Waals surface area contributed by atoms with Crippen molar-refractivity contribution in [1.29, 1.82) is 0 Å². The molecule has 0 amide bonds. The molecular weight excluding hydrogens is 164 g/mol. The third kappa shape index (κ3) is 1.44. The van der Waals surface area contributed by atoms with Gasteiger partial charge in [-0.25, -0.2) is 0 Å². The third-order valence-corrected chi connectivity index (χ3v) is 2.74. The molecule has 13 heavy (non-hydrogen) atoms. The molecule has 2 heteroatoms. The Morgan fingerprint density at radius 1 is 1.31 bits per heavy atom. The van der Waals surface area contributed by atoms with Gasteiger partial charge in [-0.2, -0.15) is 0 Å². The average molecular weight is 176 g/mol. The molecule has 2 nitrogen and oxygen atoms in total. The molecule has 68 valence electrons. The molecule has 1 aliphatic carbocycles. The fraction of sp³-hybridized carbons (Fsp3) is 0.364. The first kappa shape index (κ1) is 8.30. The molecule has 1 aromatic carbocycles. The second kappa shape index (κ2) is 3.21. The van der Waals surface area contributed by atoms with Crippen LogP contribution in [0.25, 0.3) is 0 Å². The lowest BCUT2D eigenvalue weighted by molar-refractivity contribution is -0.113. The van der Waals surface area contributed by atoms with E-state index in [0.29, 0.717) is 11.7 Å². The molecule has 0 unspecified atom stereocenters. The number of carbonyl (C=O) groups excluding carboxylic acids is 1. The van der Waals surface area contributed by atoms with Gasteiger partial charge in [0.25, 0.3) is 0 Å². The lowest BCUT2D eigenvalue weighted by Gasteiger charge is -2.32. The van der Waals surface area contributed by atoms with Gasteiger partial charge in [-0.3, -0.25) is 0 Å². The topological polar surface area (TPSA) is 37.3 Å². The summed E-state index contributed by atoms with van der Waals surface area (Å²) >= 11 is 0. The first-order valence-electron chi connectivity index (χ1n) is 4.54. The van der Waals surface area contributed by atoms with E-state index in [1.165, 1.54) is 0 Å². The average Bonchev–Trinajstić information content (AvgIpc) is 2.06. The zero-order chi connectivity index (χ0) is 9.26. The number of aldehydes is 1. The standard InChI is InChI=1S/C11H12O2/c12-7-8-5-9(6-8)10-3-1-2-4-11(10)13/h1-4,7-9,13H,5-6H2. The molecule has 1 fully saturated rings. The molecule has 1 saturated carbocycles. The molecule has 1 N–H and O–H groups in total. The van der Waals surface area contributed by atoms with Crippen LogP contribution in [0.3, 0.4) is 0 Å². The molecular formula is C11H12O2. The van der Waals surface area contributed by atoms with Gasteiger partial charge < -0.3 is 9.90 Å². The van der Waals surface area contributed by atoms with Crippen LogP contribution in [0, 0.1) is 5.92 Å². The zero-order valence-corrected chi connectivity index (χ0v) is 7.31. The van der Waals surface area contributed by atoms with Gasteiger partial charge in [0.05, 0.1) is 0 Å². The van der Waals surface area contributed by atoms with Gasteiger partial charge in [-0.05, 0) is 30.4 Å². The normalized spacial score (nSPS) is 26.5. The van der Waals surface area contributed by atoms with E-state index < -0.39 is 0 Å². The summed E-state index contributed by atoms with van der Waals surface area (Å²) < 4.78 is 0. The number of aromatic hydroxyl groups is 1. The first-order valence-corrected chi connectivity index (χ1v) is 4.54. The highest BCUT2D eigenvalue weighted by Crippen LogP contribution is 2.43. The van der Waals surface area contributed by atoms with E-state index in [4.69, 9.17) is 0 Å². The number of carbonyl (C=O) groups is 1. The Morgan fingerprint density at radius 2 is 2.00 bits per heavy atom. The smallest absolute Gasteiger partial charge is 0.123 e. The van der Waals surface area contributed by atoms with E-state index in [2.05, 4.69) is 0 Å². The molecule has 0 heterocycles. The molecule has 1 aliphatic rings. The predicted octanol–water partition coefficient (Wildman–Crippen LogP) is 2.08. The summed E-state index contributed by atoms with van der Waals surface area (Å²) in [5, 5.41) is 9.52. The van der Waals surface area contributed by atoms with Crippen molar-refractivity contribution in [2.45, 2.75) is 18.8 Å². The number of phenolic OH excluding ortho intramolecular Hbond substituents is 1. The number of rotatable bonds is 2. The van der Waals surface area contributed by atoms with Crippen LogP contribution in [0.2, 0.25) is 0 Å². The minimum Gasteiger partial charge on any atom is -0.508 e. The maximum absolute atomic E-state index is 10.4. The van der Waals surface area contributed by atoms with Gasteiger partial charge in [0, 0.05) is 5.92 Å². The number of phenols is 1. The van der Waals surface area contributed by atoms with Gasteiger partial charge in [-0.1, -0.05) is 18.2 Å². The highest BCUT2D eigenvalue weighted by Gasteiger charge is 2.31.